The maximum Gasteiger partial charge on any atom is 0.333 e. The molecule has 0 radical (unpaired) electrons. The normalized spacial score (nSPS) is 13.8. The average molecular weight is 232 g/mol. The van der Waals surface area contributed by atoms with Gasteiger partial charge in [0.25, 0.3) is 0 Å². The van der Waals surface area contributed by atoms with Gasteiger partial charge in [-0.2, -0.15) is 0 Å². The van der Waals surface area contributed by atoms with Gasteiger partial charge in [0.2, 0.25) is 0 Å². The second-order valence-corrected chi connectivity index (χ2v) is 3.64. The molecule has 0 amide bonds. The van der Waals surface area contributed by atoms with Crippen molar-refractivity contribution in [2.24, 2.45) is 0 Å². The van der Waals surface area contributed by atoms with Crippen LogP contribution < -0.4 is 4.74 Å². The van der Waals surface area contributed by atoms with Crippen LogP contribution in [0.15, 0.2) is 23.8 Å². The third-order valence-corrected chi connectivity index (χ3v) is 2.60. The summed E-state index contributed by atoms with van der Waals surface area (Å²) >= 11 is 0. The second-order valence-electron chi connectivity index (χ2n) is 3.64. The molecule has 1 aromatic carbocycles. The van der Waals surface area contributed by atoms with Gasteiger partial charge in [-0.25, -0.2) is 4.79 Å². The minimum atomic E-state index is -0.363. The van der Waals surface area contributed by atoms with Gasteiger partial charge in [-0.3, -0.25) is 4.79 Å². The first-order valence-corrected chi connectivity index (χ1v) is 5.26. The van der Waals surface area contributed by atoms with E-state index in [1.54, 1.807) is 24.3 Å². The molecule has 1 aliphatic rings. The Morgan fingerprint density at radius 2 is 2.29 bits per heavy atom. The van der Waals surface area contributed by atoms with Crippen LogP contribution in [0.3, 0.4) is 0 Å². The van der Waals surface area contributed by atoms with Crippen LogP contribution in [0.2, 0.25) is 0 Å². The van der Waals surface area contributed by atoms with Gasteiger partial charge in [0, 0.05) is 17.6 Å². The summed E-state index contributed by atoms with van der Waals surface area (Å²) in [5.74, 6) is 0.166. The molecule has 2 rings (SSSR count). The smallest absolute Gasteiger partial charge is 0.333 e. The number of hydrogen-bond donors (Lipinski definition) is 0. The molecule has 4 nitrogen and oxygen atoms in total. The first-order valence-electron chi connectivity index (χ1n) is 5.26. The van der Waals surface area contributed by atoms with E-state index in [2.05, 4.69) is 4.74 Å². The Morgan fingerprint density at radius 3 is 3.00 bits per heavy atom. The molecule has 0 aromatic heterocycles. The SMILES string of the molecule is COC(=O)C1=Cc2cccc(C=O)c2OCC1. The number of carbonyl (C=O) groups excluding carboxylic acids is 2. The van der Waals surface area contributed by atoms with Crippen molar-refractivity contribution in [3.63, 3.8) is 0 Å². The van der Waals surface area contributed by atoms with E-state index >= 15 is 0 Å². The van der Waals surface area contributed by atoms with Crippen LogP contribution in [0.25, 0.3) is 6.08 Å². The van der Waals surface area contributed by atoms with Gasteiger partial charge in [-0.15, -0.1) is 0 Å². The molecule has 0 unspecified atom stereocenters. The number of ether oxygens (including phenoxy) is 2. The number of benzene rings is 1. The predicted octanol–water partition coefficient (Wildman–Crippen LogP) is 1.84. The summed E-state index contributed by atoms with van der Waals surface area (Å²) in [6.45, 7) is 0.360. The number of para-hydroxylation sites is 1. The molecule has 0 spiro atoms. The fourth-order valence-corrected chi connectivity index (χ4v) is 1.76. The molecule has 0 saturated heterocycles. The van der Waals surface area contributed by atoms with Gasteiger partial charge in [0.05, 0.1) is 19.3 Å². The van der Waals surface area contributed by atoms with E-state index in [1.165, 1.54) is 7.11 Å². The van der Waals surface area contributed by atoms with Crippen LogP contribution in [0.1, 0.15) is 22.3 Å². The van der Waals surface area contributed by atoms with Crippen LogP contribution in [-0.2, 0) is 9.53 Å². The molecule has 0 saturated carbocycles. The lowest BCUT2D eigenvalue weighted by atomic mass is 10.1. The van der Waals surface area contributed by atoms with Crippen molar-refractivity contribution < 1.29 is 19.1 Å². The molecule has 0 bridgehead atoms. The number of methoxy groups -OCH3 is 1. The standard InChI is InChI=1S/C13H12O4/c1-16-13(15)10-5-6-17-12-9(7-10)3-2-4-11(12)8-14/h2-4,7-8H,5-6H2,1H3. The van der Waals surface area contributed by atoms with E-state index < -0.39 is 0 Å². The molecule has 0 N–H and O–H groups in total. The van der Waals surface area contributed by atoms with Gasteiger partial charge in [-0.1, -0.05) is 12.1 Å². The van der Waals surface area contributed by atoms with Crippen LogP contribution in [0, 0.1) is 0 Å². The summed E-state index contributed by atoms with van der Waals surface area (Å²) in [5.41, 5.74) is 1.77. The monoisotopic (exact) mass is 232 g/mol. The van der Waals surface area contributed by atoms with E-state index in [0.717, 1.165) is 11.8 Å². The lowest BCUT2D eigenvalue weighted by Crippen LogP contribution is -2.07. The van der Waals surface area contributed by atoms with Crippen molar-refractivity contribution in [1.29, 1.82) is 0 Å². The first-order chi connectivity index (χ1) is 8.26. The minimum absolute atomic E-state index is 0.360. The number of carbonyl (C=O) groups is 2. The van der Waals surface area contributed by atoms with Gasteiger partial charge in [0.15, 0.2) is 6.29 Å². The summed E-state index contributed by atoms with van der Waals surface area (Å²) in [6, 6.07) is 5.24. The molecule has 17 heavy (non-hydrogen) atoms. The zero-order valence-electron chi connectivity index (χ0n) is 9.43. The van der Waals surface area contributed by atoms with E-state index in [-0.39, 0.29) is 5.97 Å². The lowest BCUT2D eigenvalue weighted by Gasteiger charge is -2.07. The number of esters is 1. The highest BCUT2D eigenvalue weighted by atomic mass is 16.5. The number of rotatable bonds is 2. The maximum atomic E-state index is 11.5. The zero-order chi connectivity index (χ0) is 12.3. The lowest BCUT2D eigenvalue weighted by molar-refractivity contribution is -0.136. The summed E-state index contributed by atoms with van der Waals surface area (Å²) in [4.78, 5) is 22.3. The predicted molar refractivity (Wildman–Crippen MR) is 61.9 cm³/mol. The molecule has 1 aromatic rings. The Balaban J connectivity index is 2.48. The summed E-state index contributed by atoms with van der Waals surface area (Å²) in [7, 11) is 1.34. The quantitative estimate of drug-likeness (QED) is 0.576. The number of fused-ring (bicyclic) bond motifs is 1. The van der Waals surface area contributed by atoms with Crippen LogP contribution in [0.4, 0.5) is 0 Å². The van der Waals surface area contributed by atoms with Gasteiger partial charge in [0.1, 0.15) is 5.75 Å². The van der Waals surface area contributed by atoms with Crippen LogP contribution in [-0.4, -0.2) is 26.0 Å². The highest BCUT2D eigenvalue weighted by molar-refractivity contribution is 5.95. The fourth-order valence-electron chi connectivity index (χ4n) is 1.76. The molecule has 1 aliphatic heterocycles. The van der Waals surface area contributed by atoms with Crippen LogP contribution in [0.5, 0.6) is 5.75 Å². The van der Waals surface area contributed by atoms with Gasteiger partial charge in [-0.05, 0) is 12.1 Å². The summed E-state index contributed by atoms with van der Waals surface area (Å²) < 4.78 is 10.2. The number of aldehydes is 1. The molecular weight excluding hydrogens is 220 g/mol. The Hall–Kier alpha value is -2.10. The highest BCUT2D eigenvalue weighted by Crippen LogP contribution is 2.29. The van der Waals surface area contributed by atoms with Gasteiger partial charge >= 0.3 is 5.97 Å². The Labute approximate surface area is 98.8 Å². The van der Waals surface area contributed by atoms with Gasteiger partial charge < -0.3 is 9.47 Å². The van der Waals surface area contributed by atoms with Crippen molar-refractivity contribution in [2.75, 3.05) is 13.7 Å². The zero-order valence-corrected chi connectivity index (χ0v) is 9.43. The first kappa shape index (κ1) is 11.4. The summed E-state index contributed by atoms with van der Waals surface area (Å²) in [5, 5.41) is 0. The van der Waals surface area contributed by atoms with Crippen molar-refractivity contribution in [3.8, 4) is 5.75 Å². The van der Waals surface area contributed by atoms with E-state index in [9.17, 15) is 9.59 Å². The van der Waals surface area contributed by atoms with Crippen molar-refractivity contribution >= 4 is 18.3 Å². The molecule has 0 aliphatic carbocycles. The number of hydrogen-bond acceptors (Lipinski definition) is 4. The van der Waals surface area contributed by atoms with E-state index in [1.807, 2.05) is 0 Å². The van der Waals surface area contributed by atoms with E-state index in [0.29, 0.717) is 29.9 Å². The molecule has 0 atom stereocenters. The van der Waals surface area contributed by atoms with Crippen molar-refractivity contribution in [2.45, 2.75) is 6.42 Å². The maximum absolute atomic E-state index is 11.5. The van der Waals surface area contributed by atoms with E-state index in [4.69, 9.17) is 4.74 Å². The third-order valence-electron chi connectivity index (χ3n) is 2.60. The minimum Gasteiger partial charge on any atom is -0.492 e. The highest BCUT2D eigenvalue weighted by Gasteiger charge is 2.17. The Morgan fingerprint density at radius 1 is 1.47 bits per heavy atom. The van der Waals surface area contributed by atoms with Crippen LogP contribution >= 0.6 is 0 Å². The second kappa shape index (κ2) is 4.82. The largest absolute Gasteiger partial charge is 0.492 e. The average Bonchev–Trinajstić information content (AvgIpc) is 2.59. The van der Waals surface area contributed by atoms with Crippen molar-refractivity contribution in [1.82, 2.24) is 0 Å². The molecule has 88 valence electrons. The molecule has 4 heteroatoms. The Bertz CT molecular complexity index is 488. The molecular formula is C13H12O4. The van der Waals surface area contributed by atoms with Crippen molar-refractivity contribution in [3.05, 3.63) is 34.9 Å². The topological polar surface area (TPSA) is 52.6 Å². The molecule has 0 fully saturated rings. The molecule has 1 heterocycles. The Kier molecular flexibility index (Phi) is 3.23. The fraction of sp³-hybridized carbons (Fsp3) is 0.231. The summed E-state index contributed by atoms with van der Waals surface area (Å²) in [6.07, 6.45) is 2.93. The third kappa shape index (κ3) is 2.20.